The molecular weight excluding hydrogens is 198 g/mol. The van der Waals surface area contributed by atoms with Gasteiger partial charge in [-0.1, -0.05) is 0 Å². The van der Waals surface area contributed by atoms with Crippen molar-refractivity contribution >= 4 is 5.69 Å². The zero-order valence-electron chi connectivity index (χ0n) is 9.82. The van der Waals surface area contributed by atoms with E-state index in [4.69, 9.17) is 0 Å². The van der Waals surface area contributed by atoms with E-state index in [9.17, 15) is 0 Å². The average Bonchev–Trinajstić information content (AvgIpc) is 2.97. The summed E-state index contributed by atoms with van der Waals surface area (Å²) in [6, 6.07) is 3.64. The molecule has 1 N–H and O–H groups in total. The van der Waals surface area contributed by atoms with Crippen LogP contribution in [0.3, 0.4) is 0 Å². The van der Waals surface area contributed by atoms with Gasteiger partial charge in [-0.05, 0) is 44.4 Å². The maximum atomic E-state index is 4.19. The smallest absolute Gasteiger partial charge is 0.0432 e. The summed E-state index contributed by atoms with van der Waals surface area (Å²) < 4.78 is 0. The quantitative estimate of drug-likeness (QED) is 0.835. The van der Waals surface area contributed by atoms with E-state index < -0.39 is 0 Å². The Bertz CT molecular complexity index is 367. The van der Waals surface area contributed by atoms with Crippen molar-refractivity contribution in [2.45, 2.75) is 38.3 Å². The summed E-state index contributed by atoms with van der Waals surface area (Å²) in [6.07, 6.45) is 7.89. The molecule has 0 aromatic carbocycles. The second kappa shape index (κ2) is 4.06. The summed E-state index contributed by atoms with van der Waals surface area (Å²) in [5.74, 6) is 0. The molecule has 0 spiro atoms. The molecule has 1 aromatic rings. The minimum absolute atomic E-state index is 0.689. The molecule has 1 aromatic heterocycles. The predicted octanol–water partition coefficient (Wildman–Crippen LogP) is 1.72. The Labute approximate surface area is 96.9 Å². The van der Waals surface area contributed by atoms with Gasteiger partial charge in [0.2, 0.25) is 0 Å². The van der Waals surface area contributed by atoms with Gasteiger partial charge in [-0.3, -0.25) is 4.98 Å². The predicted molar refractivity (Wildman–Crippen MR) is 65.7 cm³/mol. The largest absolute Gasteiger partial charge is 0.364 e. The summed E-state index contributed by atoms with van der Waals surface area (Å²) in [7, 11) is 0. The van der Waals surface area contributed by atoms with Crippen LogP contribution in [0.1, 0.15) is 24.8 Å². The highest BCUT2D eigenvalue weighted by atomic mass is 15.2. The highest BCUT2D eigenvalue weighted by molar-refractivity contribution is 5.54. The van der Waals surface area contributed by atoms with Gasteiger partial charge in [0.15, 0.2) is 0 Å². The Balaban J connectivity index is 1.90. The summed E-state index contributed by atoms with van der Waals surface area (Å²) in [6.45, 7) is 4.47. The molecule has 3 rings (SSSR count). The van der Waals surface area contributed by atoms with Crippen LogP contribution in [0, 0.1) is 6.92 Å². The zero-order chi connectivity index (χ0) is 11.0. The van der Waals surface area contributed by atoms with Crippen LogP contribution in [0.15, 0.2) is 18.5 Å². The molecule has 2 aliphatic rings. The van der Waals surface area contributed by atoms with E-state index in [1.165, 1.54) is 30.5 Å². The van der Waals surface area contributed by atoms with E-state index in [1.54, 1.807) is 0 Å². The third kappa shape index (κ3) is 1.80. The van der Waals surface area contributed by atoms with Crippen molar-refractivity contribution in [2.75, 3.05) is 18.0 Å². The summed E-state index contributed by atoms with van der Waals surface area (Å²) >= 11 is 0. The van der Waals surface area contributed by atoms with Crippen molar-refractivity contribution in [3.63, 3.8) is 0 Å². The number of rotatable bonds is 3. The fourth-order valence-corrected chi connectivity index (χ4v) is 2.68. The first-order chi connectivity index (χ1) is 7.86. The topological polar surface area (TPSA) is 28.2 Å². The van der Waals surface area contributed by atoms with Gasteiger partial charge in [-0.2, -0.15) is 0 Å². The molecule has 3 nitrogen and oxygen atoms in total. The Hall–Kier alpha value is -1.09. The molecular formula is C13H19N3. The van der Waals surface area contributed by atoms with Crippen LogP contribution in [0.5, 0.6) is 0 Å². The van der Waals surface area contributed by atoms with Gasteiger partial charge >= 0.3 is 0 Å². The molecule has 1 aliphatic carbocycles. The average molecular weight is 217 g/mol. The van der Waals surface area contributed by atoms with Crippen molar-refractivity contribution < 1.29 is 0 Å². The van der Waals surface area contributed by atoms with Crippen LogP contribution >= 0.6 is 0 Å². The number of hydrogen-bond donors (Lipinski definition) is 1. The first kappa shape index (κ1) is 10.1. The molecule has 2 heterocycles. The summed E-state index contributed by atoms with van der Waals surface area (Å²) in [4.78, 5) is 6.83. The number of aromatic nitrogens is 1. The molecule has 1 unspecified atom stereocenters. The van der Waals surface area contributed by atoms with Crippen LogP contribution in [0.2, 0.25) is 0 Å². The van der Waals surface area contributed by atoms with E-state index in [2.05, 4.69) is 28.2 Å². The molecule has 0 radical (unpaired) electrons. The standard InChI is InChI=1S/C13H19N3/c1-10-8-14-7-5-13(10)16(11-2-3-11)12-4-6-15-9-12/h5,7-8,11-12,15H,2-4,6,9H2,1H3. The lowest BCUT2D eigenvalue weighted by Crippen LogP contribution is -2.39. The fourth-order valence-electron chi connectivity index (χ4n) is 2.68. The summed E-state index contributed by atoms with van der Waals surface area (Å²) in [5, 5.41) is 3.47. The summed E-state index contributed by atoms with van der Waals surface area (Å²) in [5.41, 5.74) is 2.70. The number of nitrogens with zero attached hydrogens (tertiary/aromatic N) is 2. The van der Waals surface area contributed by atoms with Crippen molar-refractivity contribution in [3.8, 4) is 0 Å². The Kier molecular flexibility index (Phi) is 2.56. The minimum atomic E-state index is 0.689. The lowest BCUT2D eigenvalue weighted by Gasteiger charge is -2.32. The Morgan fingerprint density at radius 1 is 1.31 bits per heavy atom. The van der Waals surface area contributed by atoms with E-state index in [0.717, 1.165) is 19.1 Å². The molecule has 1 saturated heterocycles. The molecule has 86 valence electrons. The number of anilines is 1. The number of aryl methyl sites for hydroxylation is 1. The fraction of sp³-hybridized carbons (Fsp3) is 0.615. The highest BCUT2D eigenvalue weighted by Gasteiger charge is 2.35. The highest BCUT2D eigenvalue weighted by Crippen LogP contribution is 2.36. The van der Waals surface area contributed by atoms with Crippen molar-refractivity contribution in [1.82, 2.24) is 10.3 Å². The van der Waals surface area contributed by atoms with E-state index in [-0.39, 0.29) is 0 Å². The van der Waals surface area contributed by atoms with E-state index in [1.807, 2.05) is 12.4 Å². The Morgan fingerprint density at radius 3 is 2.81 bits per heavy atom. The van der Waals surface area contributed by atoms with Gasteiger partial charge < -0.3 is 10.2 Å². The third-order valence-corrected chi connectivity index (χ3v) is 3.64. The first-order valence-electron chi connectivity index (χ1n) is 6.26. The van der Waals surface area contributed by atoms with Gasteiger partial charge in [-0.15, -0.1) is 0 Å². The maximum Gasteiger partial charge on any atom is 0.0432 e. The maximum absolute atomic E-state index is 4.19. The molecule has 1 atom stereocenters. The van der Waals surface area contributed by atoms with Crippen LogP contribution in [0.25, 0.3) is 0 Å². The van der Waals surface area contributed by atoms with Gasteiger partial charge in [0.25, 0.3) is 0 Å². The molecule has 1 saturated carbocycles. The molecule has 2 fully saturated rings. The minimum Gasteiger partial charge on any atom is -0.364 e. The molecule has 0 amide bonds. The Morgan fingerprint density at radius 2 is 2.19 bits per heavy atom. The van der Waals surface area contributed by atoms with Gasteiger partial charge in [0, 0.05) is 36.7 Å². The number of hydrogen-bond acceptors (Lipinski definition) is 3. The normalized spacial score (nSPS) is 24.7. The van der Waals surface area contributed by atoms with Crippen molar-refractivity contribution in [3.05, 3.63) is 24.0 Å². The van der Waals surface area contributed by atoms with Crippen LogP contribution in [-0.4, -0.2) is 30.2 Å². The zero-order valence-corrected chi connectivity index (χ0v) is 9.82. The SMILES string of the molecule is Cc1cnccc1N(C1CC1)C1CCNC1. The third-order valence-electron chi connectivity index (χ3n) is 3.64. The van der Waals surface area contributed by atoms with Crippen molar-refractivity contribution in [2.24, 2.45) is 0 Å². The monoisotopic (exact) mass is 217 g/mol. The molecule has 16 heavy (non-hydrogen) atoms. The second-order valence-electron chi connectivity index (χ2n) is 4.95. The molecule has 3 heteroatoms. The first-order valence-corrected chi connectivity index (χ1v) is 6.26. The van der Waals surface area contributed by atoms with Crippen LogP contribution < -0.4 is 10.2 Å². The van der Waals surface area contributed by atoms with Gasteiger partial charge in [0.1, 0.15) is 0 Å². The van der Waals surface area contributed by atoms with Gasteiger partial charge in [-0.25, -0.2) is 0 Å². The molecule has 1 aliphatic heterocycles. The second-order valence-corrected chi connectivity index (χ2v) is 4.95. The van der Waals surface area contributed by atoms with Crippen molar-refractivity contribution in [1.29, 1.82) is 0 Å². The van der Waals surface area contributed by atoms with E-state index in [0.29, 0.717) is 6.04 Å². The molecule has 0 bridgehead atoms. The number of pyridine rings is 1. The lowest BCUT2D eigenvalue weighted by atomic mass is 10.1. The van der Waals surface area contributed by atoms with Gasteiger partial charge in [0.05, 0.1) is 0 Å². The lowest BCUT2D eigenvalue weighted by molar-refractivity contribution is 0.626. The van der Waals surface area contributed by atoms with Crippen LogP contribution in [-0.2, 0) is 0 Å². The number of nitrogens with one attached hydrogen (secondary N) is 1. The van der Waals surface area contributed by atoms with E-state index >= 15 is 0 Å². The van der Waals surface area contributed by atoms with Crippen LogP contribution in [0.4, 0.5) is 5.69 Å².